The number of carbonyl (C=O) groups excluding carboxylic acids is 3. The summed E-state index contributed by atoms with van der Waals surface area (Å²) < 4.78 is 27.9. The van der Waals surface area contributed by atoms with E-state index in [1.165, 1.54) is 0 Å². The molecule has 1 aromatic rings. The molecule has 0 aromatic heterocycles. The monoisotopic (exact) mass is 410 g/mol. The van der Waals surface area contributed by atoms with Crippen molar-refractivity contribution in [2.75, 3.05) is 18.1 Å². The van der Waals surface area contributed by atoms with Crippen LogP contribution in [-0.2, 0) is 24.2 Å². The Morgan fingerprint density at radius 3 is 2.54 bits per heavy atom. The van der Waals surface area contributed by atoms with Crippen molar-refractivity contribution in [3.63, 3.8) is 0 Å². The van der Waals surface area contributed by atoms with E-state index in [4.69, 9.17) is 4.74 Å². The molecular formula is C19H26N2O6S. The fourth-order valence-electron chi connectivity index (χ4n) is 2.91. The molecule has 8 nitrogen and oxygen atoms in total. The number of hydrogen-bond donors (Lipinski definition) is 2. The van der Waals surface area contributed by atoms with Crippen LogP contribution >= 0.6 is 0 Å². The number of carbonyl (C=O) groups is 3. The van der Waals surface area contributed by atoms with Crippen molar-refractivity contribution < 1.29 is 27.5 Å². The summed E-state index contributed by atoms with van der Waals surface area (Å²) in [4.78, 5) is 36.7. The molecule has 0 saturated carbocycles. The smallest absolute Gasteiger partial charge is 0.329 e. The number of aryl methyl sites for hydroxylation is 1. The third kappa shape index (κ3) is 6.33. The second kappa shape index (κ2) is 9.18. The van der Waals surface area contributed by atoms with Crippen molar-refractivity contribution in [3.05, 3.63) is 35.4 Å². The number of amides is 2. The summed E-state index contributed by atoms with van der Waals surface area (Å²) in [5.74, 6) is -2.00. The van der Waals surface area contributed by atoms with Crippen LogP contribution < -0.4 is 10.6 Å². The van der Waals surface area contributed by atoms with Crippen LogP contribution in [0.5, 0.6) is 0 Å². The van der Waals surface area contributed by atoms with Gasteiger partial charge in [-0.2, -0.15) is 0 Å². The molecule has 2 atom stereocenters. The Morgan fingerprint density at radius 1 is 1.25 bits per heavy atom. The molecule has 1 aromatic carbocycles. The SMILES string of the molecule is Cc1cccc(C(=O)N[C@H](C(=O)OCC(=O)N[C@H]2CCS(=O)(=O)C2)C(C)C)c1. The minimum atomic E-state index is -3.11. The minimum Gasteiger partial charge on any atom is -0.454 e. The van der Waals surface area contributed by atoms with Gasteiger partial charge in [0.15, 0.2) is 16.4 Å². The van der Waals surface area contributed by atoms with Gasteiger partial charge in [0.1, 0.15) is 6.04 Å². The second-order valence-electron chi connectivity index (χ2n) is 7.34. The second-order valence-corrected chi connectivity index (χ2v) is 9.57. The van der Waals surface area contributed by atoms with E-state index in [1.54, 1.807) is 32.0 Å². The van der Waals surface area contributed by atoms with Gasteiger partial charge >= 0.3 is 5.97 Å². The molecule has 0 aliphatic carbocycles. The van der Waals surface area contributed by atoms with Crippen molar-refractivity contribution in [3.8, 4) is 0 Å². The predicted molar refractivity (Wildman–Crippen MR) is 103 cm³/mol. The molecule has 1 heterocycles. The van der Waals surface area contributed by atoms with E-state index in [2.05, 4.69) is 10.6 Å². The van der Waals surface area contributed by atoms with Gasteiger partial charge in [0.25, 0.3) is 11.8 Å². The number of sulfone groups is 1. The van der Waals surface area contributed by atoms with Crippen LogP contribution in [0.15, 0.2) is 24.3 Å². The highest BCUT2D eigenvalue weighted by Gasteiger charge is 2.30. The Kier molecular flexibility index (Phi) is 7.17. The van der Waals surface area contributed by atoms with Gasteiger partial charge in [-0.25, -0.2) is 13.2 Å². The number of nitrogens with one attached hydrogen (secondary N) is 2. The van der Waals surface area contributed by atoms with Crippen molar-refractivity contribution in [1.82, 2.24) is 10.6 Å². The molecule has 0 bridgehead atoms. The third-order valence-electron chi connectivity index (χ3n) is 4.43. The maximum Gasteiger partial charge on any atom is 0.329 e. The van der Waals surface area contributed by atoms with Crippen molar-refractivity contribution in [1.29, 1.82) is 0 Å². The summed E-state index contributed by atoms with van der Waals surface area (Å²) in [5, 5.41) is 5.19. The molecule has 2 amide bonds. The molecule has 2 N–H and O–H groups in total. The van der Waals surface area contributed by atoms with Gasteiger partial charge in [-0.3, -0.25) is 9.59 Å². The van der Waals surface area contributed by atoms with Gasteiger partial charge in [0.05, 0.1) is 11.5 Å². The van der Waals surface area contributed by atoms with Crippen molar-refractivity contribution in [2.45, 2.75) is 39.3 Å². The summed E-state index contributed by atoms with van der Waals surface area (Å²) in [7, 11) is -3.11. The first-order chi connectivity index (χ1) is 13.1. The van der Waals surface area contributed by atoms with Crippen LogP contribution in [0.25, 0.3) is 0 Å². The van der Waals surface area contributed by atoms with E-state index in [9.17, 15) is 22.8 Å². The Balaban J connectivity index is 1.88. The Bertz CT molecular complexity index is 850. The number of ether oxygens (including phenoxy) is 1. The first kappa shape index (κ1) is 21.9. The summed E-state index contributed by atoms with van der Waals surface area (Å²) in [6, 6.07) is 5.60. The van der Waals surface area contributed by atoms with Crippen LogP contribution in [0.3, 0.4) is 0 Å². The van der Waals surface area contributed by atoms with E-state index < -0.39 is 46.3 Å². The van der Waals surface area contributed by atoms with E-state index in [0.717, 1.165) is 5.56 Å². The third-order valence-corrected chi connectivity index (χ3v) is 6.20. The quantitative estimate of drug-likeness (QED) is 0.636. The van der Waals surface area contributed by atoms with Crippen molar-refractivity contribution >= 4 is 27.6 Å². The first-order valence-corrected chi connectivity index (χ1v) is 10.9. The van der Waals surface area contributed by atoms with Gasteiger partial charge in [-0.05, 0) is 31.4 Å². The lowest BCUT2D eigenvalue weighted by atomic mass is 10.0. The zero-order valence-corrected chi connectivity index (χ0v) is 17.0. The maximum absolute atomic E-state index is 12.4. The fourth-order valence-corrected chi connectivity index (χ4v) is 4.59. The molecule has 1 aliphatic heterocycles. The number of hydrogen-bond acceptors (Lipinski definition) is 6. The molecular weight excluding hydrogens is 384 g/mol. The average Bonchev–Trinajstić information content (AvgIpc) is 2.95. The first-order valence-electron chi connectivity index (χ1n) is 9.11. The molecule has 2 rings (SSSR count). The standard InChI is InChI=1S/C19H26N2O6S/c1-12(2)17(21-18(23)14-6-4-5-13(3)9-14)19(24)27-10-16(22)20-15-7-8-28(25,26)11-15/h4-6,9,12,15,17H,7-8,10-11H2,1-3H3,(H,20,22)(H,21,23)/t15-,17-/m0/s1. The maximum atomic E-state index is 12.4. The lowest BCUT2D eigenvalue weighted by molar-refractivity contribution is -0.151. The van der Waals surface area contributed by atoms with E-state index in [1.807, 2.05) is 13.0 Å². The Morgan fingerprint density at radius 2 is 1.96 bits per heavy atom. The topological polar surface area (TPSA) is 119 Å². The summed E-state index contributed by atoms with van der Waals surface area (Å²) in [6.07, 6.45) is 0.350. The van der Waals surface area contributed by atoms with Crippen LogP contribution in [0.1, 0.15) is 36.2 Å². The van der Waals surface area contributed by atoms with Crippen LogP contribution in [0.4, 0.5) is 0 Å². The molecule has 0 spiro atoms. The molecule has 1 saturated heterocycles. The van der Waals surface area contributed by atoms with Crippen LogP contribution in [0, 0.1) is 12.8 Å². The average molecular weight is 410 g/mol. The van der Waals surface area contributed by atoms with Gasteiger partial charge in [-0.1, -0.05) is 31.5 Å². The van der Waals surface area contributed by atoms with Gasteiger partial charge in [0.2, 0.25) is 0 Å². The molecule has 1 aliphatic rings. The summed E-state index contributed by atoms with van der Waals surface area (Å²) in [5.41, 5.74) is 1.35. The predicted octanol–water partition coefficient (Wildman–Crippen LogP) is 0.596. The molecule has 28 heavy (non-hydrogen) atoms. The van der Waals surface area contributed by atoms with E-state index in [-0.39, 0.29) is 17.4 Å². The lowest BCUT2D eigenvalue weighted by Crippen LogP contribution is -2.46. The van der Waals surface area contributed by atoms with Gasteiger partial charge < -0.3 is 15.4 Å². The Hall–Kier alpha value is -2.42. The van der Waals surface area contributed by atoms with E-state index >= 15 is 0 Å². The minimum absolute atomic E-state index is 0.0398. The molecule has 0 unspecified atom stereocenters. The number of rotatable bonds is 7. The summed E-state index contributed by atoms with van der Waals surface area (Å²) in [6.45, 7) is 4.84. The molecule has 154 valence electrons. The highest BCUT2D eigenvalue weighted by atomic mass is 32.2. The normalized spacial score (nSPS) is 19.1. The summed E-state index contributed by atoms with van der Waals surface area (Å²) >= 11 is 0. The largest absolute Gasteiger partial charge is 0.454 e. The lowest BCUT2D eigenvalue weighted by Gasteiger charge is -2.21. The van der Waals surface area contributed by atoms with Crippen LogP contribution in [0.2, 0.25) is 0 Å². The molecule has 9 heteroatoms. The number of esters is 1. The molecule has 1 fully saturated rings. The number of benzene rings is 1. The van der Waals surface area contributed by atoms with Crippen LogP contribution in [-0.4, -0.2) is 56.4 Å². The van der Waals surface area contributed by atoms with E-state index in [0.29, 0.717) is 12.0 Å². The highest BCUT2D eigenvalue weighted by molar-refractivity contribution is 7.91. The fraction of sp³-hybridized carbons (Fsp3) is 0.526. The highest BCUT2D eigenvalue weighted by Crippen LogP contribution is 2.11. The zero-order chi connectivity index (χ0) is 20.9. The Labute approximate surface area is 164 Å². The molecule has 0 radical (unpaired) electrons. The van der Waals surface area contributed by atoms with Gasteiger partial charge in [0, 0.05) is 11.6 Å². The zero-order valence-electron chi connectivity index (χ0n) is 16.2. The van der Waals surface area contributed by atoms with Crippen molar-refractivity contribution in [2.24, 2.45) is 5.92 Å². The van der Waals surface area contributed by atoms with Gasteiger partial charge in [-0.15, -0.1) is 0 Å².